The Hall–Kier alpha value is -2.55. The third-order valence-corrected chi connectivity index (χ3v) is 3.73. The van der Waals surface area contributed by atoms with Gasteiger partial charge in [-0.1, -0.05) is 60.2 Å². The van der Waals surface area contributed by atoms with E-state index in [-0.39, 0.29) is 12.1 Å². The van der Waals surface area contributed by atoms with E-state index in [1.807, 2.05) is 43.3 Å². The van der Waals surface area contributed by atoms with Crippen LogP contribution < -0.4 is 10.6 Å². The quantitative estimate of drug-likeness (QED) is 0.862. The van der Waals surface area contributed by atoms with E-state index >= 15 is 0 Å². The molecule has 0 radical (unpaired) electrons. The van der Waals surface area contributed by atoms with Gasteiger partial charge in [-0.2, -0.15) is 0 Å². The van der Waals surface area contributed by atoms with Gasteiger partial charge in [0.05, 0.1) is 6.04 Å². The summed E-state index contributed by atoms with van der Waals surface area (Å²) in [6.45, 7) is 4.03. The standard InChI is InChI=1S/C18H18N2O/c1-12-7-6-10-15(11-12)16-13(2)19-18(21)20-17(16)14-8-4-3-5-9-14/h3-11,17H,1-2H3,(H2,19,20,21). The van der Waals surface area contributed by atoms with Crippen molar-refractivity contribution in [2.75, 3.05) is 0 Å². The Balaban J connectivity index is 2.13. The highest BCUT2D eigenvalue weighted by Crippen LogP contribution is 2.34. The number of carbonyl (C=O) groups excluding carboxylic acids is 1. The Morgan fingerprint density at radius 3 is 2.43 bits per heavy atom. The molecule has 0 saturated heterocycles. The summed E-state index contributed by atoms with van der Waals surface area (Å²) in [7, 11) is 0. The molecule has 0 aliphatic carbocycles. The van der Waals surface area contributed by atoms with E-state index in [0.717, 1.165) is 22.4 Å². The lowest BCUT2D eigenvalue weighted by Gasteiger charge is -2.30. The SMILES string of the molecule is CC1=C(c2cccc(C)c2)C(c2ccccc2)NC(=O)N1. The van der Waals surface area contributed by atoms with Crippen LogP contribution in [0.5, 0.6) is 0 Å². The third kappa shape index (κ3) is 2.68. The van der Waals surface area contributed by atoms with Gasteiger partial charge < -0.3 is 10.6 Å². The molecular weight excluding hydrogens is 260 g/mol. The molecule has 2 aromatic rings. The Bertz CT molecular complexity index is 704. The van der Waals surface area contributed by atoms with E-state index in [0.29, 0.717) is 0 Å². The van der Waals surface area contributed by atoms with Gasteiger partial charge in [-0.3, -0.25) is 0 Å². The van der Waals surface area contributed by atoms with Gasteiger partial charge in [0, 0.05) is 11.3 Å². The van der Waals surface area contributed by atoms with E-state index in [2.05, 4.69) is 35.8 Å². The predicted octanol–water partition coefficient (Wildman–Crippen LogP) is 3.78. The summed E-state index contributed by atoms with van der Waals surface area (Å²) in [5.74, 6) is 0. The van der Waals surface area contributed by atoms with E-state index in [4.69, 9.17) is 0 Å². The average Bonchev–Trinajstić information content (AvgIpc) is 2.47. The zero-order valence-corrected chi connectivity index (χ0v) is 12.2. The summed E-state index contributed by atoms with van der Waals surface area (Å²) in [5.41, 5.74) is 5.44. The lowest BCUT2D eigenvalue weighted by atomic mass is 9.89. The van der Waals surface area contributed by atoms with Crippen molar-refractivity contribution in [1.82, 2.24) is 10.6 Å². The minimum Gasteiger partial charge on any atom is -0.327 e. The average molecular weight is 278 g/mol. The molecule has 0 spiro atoms. The Labute approximate surface area is 124 Å². The van der Waals surface area contributed by atoms with Crippen LogP contribution in [0.1, 0.15) is 29.7 Å². The van der Waals surface area contributed by atoms with Crippen LogP contribution in [-0.4, -0.2) is 6.03 Å². The molecule has 0 saturated carbocycles. The number of hydrogen-bond acceptors (Lipinski definition) is 1. The van der Waals surface area contributed by atoms with Crippen LogP contribution in [0.4, 0.5) is 4.79 Å². The zero-order chi connectivity index (χ0) is 14.8. The molecule has 2 aromatic carbocycles. The molecule has 21 heavy (non-hydrogen) atoms. The Morgan fingerprint density at radius 1 is 0.952 bits per heavy atom. The number of benzene rings is 2. The number of nitrogens with one attached hydrogen (secondary N) is 2. The highest BCUT2D eigenvalue weighted by atomic mass is 16.2. The third-order valence-electron chi connectivity index (χ3n) is 3.73. The topological polar surface area (TPSA) is 41.1 Å². The fourth-order valence-electron chi connectivity index (χ4n) is 2.78. The van der Waals surface area contributed by atoms with Crippen molar-refractivity contribution in [3.05, 3.63) is 77.0 Å². The normalized spacial score (nSPS) is 18.2. The highest BCUT2D eigenvalue weighted by molar-refractivity contribution is 5.88. The lowest BCUT2D eigenvalue weighted by Crippen LogP contribution is -2.42. The summed E-state index contributed by atoms with van der Waals surface area (Å²) in [6.07, 6.45) is 0. The summed E-state index contributed by atoms with van der Waals surface area (Å²) in [4.78, 5) is 11.8. The number of hydrogen-bond donors (Lipinski definition) is 2. The maximum Gasteiger partial charge on any atom is 0.319 e. The van der Waals surface area contributed by atoms with Gasteiger partial charge >= 0.3 is 6.03 Å². The summed E-state index contributed by atoms with van der Waals surface area (Å²) >= 11 is 0. The molecule has 1 aliphatic heterocycles. The second-order valence-electron chi connectivity index (χ2n) is 5.35. The van der Waals surface area contributed by atoms with E-state index in [9.17, 15) is 4.79 Å². The van der Waals surface area contributed by atoms with E-state index < -0.39 is 0 Å². The molecule has 1 aliphatic rings. The van der Waals surface area contributed by atoms with Crippen LogP contribution in [-0.2, 0) is 0 Å². The van der Waals surface area contributed by atoms with Crippen molar-refractivity contribution in [3.63, 3.8) is 0 Å². The molecule has 3 nitrogen and oxygen atoms in total. The number of amides is 2. The van der Waals surface area contributed by atoms with Crippen LogP contribution in [0.25, 0.3) is 5.57 Å². The van der Waals surface area contributed by atoms with Crippen molar-refractivity contribution < 1.29 is 4.79 Å². The fourth-order valence-corrected chi connectivity index (χ4v) is 2.78. The molecule has 0 aromatic heterocycles. The van der Waals surface area contributed by atoms with Crippen LogP contribution in [0, 0.1) is 6.92 Å². The van der Waals surface area contributed by atoms with Gasteiger partial charge in [-0.15, -0.1) is 0 Å². The monoisotopic (exact) mass is 278 g/mol. The first-order valence-corrected chi connectivity index (χ1v) is 7.05. The molecule has 3 rings (SSSR count). The molecular formula is C18H18N2O. The van der Waals surface area contributed by atoms with Crippen LogP contribution in [0.2, 0.25) is 0 Å². The molecule has 1 heterocycles. The highest BCUT2D eigenvalue weighted by Gasteiger charge is 2.27. The minimum atomic E-state index is -0.155. The zero-order valence-electron chi connectivity index (χ0n) is 12.2. The summed E-state index contributed by atoms with van der Waals surface area (Å²) in [5, 5.41) is 5.90. The van der Waals surface area contributed by atoms with Crippen LogP contribution >= 0.6 is 0 Å². The first-order valence-electron chi connectivity index (χ1n) is 7.05. The van der Waals surface area contributed by atoms with Gasteiger partial charge in [0.2, 0.25) is 0 Å². The number of allylic oxidation sites excluding steroid dienone is 1. The van der Waals surface area contributed by atoms with Gasteiger partial charge in [0.15, 0.2) is 0 Å². The summed E-state index contributed by atoms with van der Waals surface area (Å²) in [6, 6.07) is 18.1. The van der Waals surface area contributed by atoms with Crippen molar-refractivity contribution in [3.8, 4) is 0 Å². The Morgan fingerprint density at radius 2 is 1.71 bits per heavy atom. The first-order chi connectivity index (χ1) is 10.1. The Kier molecular flexibility index (Phi) is 3.48. The minimum absolute atomic E-state index is 0.123. The molecule has 0 bridgehead atoms. The van der Waals surface area contributed by atoms with Crippen LogP contribution in [0.15, 0.2) is 60.3 Å². The molecule has 106 valence electrons. The van der Waals surface area contributed by atoms with E-state index in [1.165, 1.54) is 5.56 Å². The van der Waals surface area contributed by atoms with Gasteiger partial charge in [-0.25, -0.2) is 4.79 Å². The maximum atomic E-state index is 11.8. The second-order valence-corrected chi connectivity index (χ2v) is 5.35. The van der Waals surface area contributed by atoms with Crippen LogP contribution in [0.3, 0.4) is 0 Å². The van der Waals surface area contributed by atoms with Crippen molar-refractivity contribution in [2.45, 2.75) is 19.9 Å². The van der Waals surface area contributed by atoms with Crippen molar-refractivity contribution in [2.24, 2.45) is 0 Å². The van der Waals surface area contributed by atoms with Crippen molar-refractivity contribution in [1.29, 1.82) is 0 Å². The molecule has 3 heteroatoms. The first kappa shape index (κ1) is 13.4. The maximum absolute atomic E-state index is 11.8. The molecule has 1 atom stereocenters. The number of aryl methyl sites for hydroxylation is 1. The van der Waals surface area contributed by atoms with Gasteiger partial charge in [-0.05, 0) is 25.0 Å². The van der Waals surface area contributed by atoms with Gasteiger partial charge in [0.1, 0.15) is 0 Å². The van der Waals surface area contributed by atoms with E-state index in [1.54, 1.807) is 0 Å². The summed E-state index contributed by atoms with van der Waals surface area (Å²) < 4.78 is 0. The molecule has 2 amide bonds. The number of rotatable bonds is 2. The van der Waals surface area contributed by atoms with Crippen molar-refractivity contribution >= 4 is 11.6 Å². The second kappa shape index (κ2) is 5.44. The number of urea groups is 1. The van der Waals surface area contributed by atoms with Gasteiger partial charge in [0.25, 0.3) is 0 Å². The molecule has 2 N–H and O–H groups in total. The smallest absolute Gasteiger partial charge is 0.319 e. The number of carbonyl (C=O) groups is 1. The predicted molar refractivity (Wildman–Crippen MR) is 84.6 cm³/mol. The fraction of sp³-hybridized carbons (Fsp3) is 0.167. The largest absolute Gasteiger partial charge is 0.327 e. The molecule has 0 fully saturated rings. The lowest BCUT2D eigenvalue weighted by molar-refractivity contribution is 0.240. The molecule has 1 unspecified atom stereocenters.